The third-order valence-electron chi connectivity index (χ3n) is 5.30. The lowest BCUT2D eigenvalue weighted by Gasteiger charge is -2.20. The van der Waals surface area contributed by atoms with Crippen molar-refractivity contribution in [3.63, 3.8) is 0 Å². The fourth-order valence-electron chi connectivity index (χ4n) is 3.69. The third kappa shape index (κ3) is 4.30. The van der Waals surface area contributed by atoms with Gasteiger partial charge in [-0.2, -0.15) is 0 Å². The number of nitrogens with zero attached hydrogens (tertiary/aromatic N) is 2. The number of nitrogens with one attached hydrogen (secondary N) is 1. The van der Waals surface area contributed by atoms with Crippen molar-refractivity contribution in [2.24, 2.45) is 0 Å². The molecule has 3 aromatic rings. The van der Waals surface area contributed by atoms with Gasteiger partial charge in [0.05, 0.1) is 6.04 Å². The van der Waals surface area contributed by atoms with Crippen LogP contribution < -0.4 is 5.32 Å². The Bertz CT molecular complexity index is 949. The Morgan fingerprint density at radius 3 is 2.68 bits per heavy atom. The second kappa shape index (κ2) is 8.38. The Balaban J connectivity index is 1.31. The van der Waals surface area contributed by atoms with E-state index >= 15 is 0 Å². The summed E-state index contributed by atoms with van der Waals surface area (Å²) >= 11 is 0. The monoisotopic (exact) mass is 375 g/mol. The molecule has 1 aliphatic carbocycles. The smallest absolute Gasteiger partial charge is 0.247 e. The molecule has 1 N–H and O–H groups in total. The standard InChI is InChI=1S/C23H25N3O2/c1-16(19-12-11-17-7-5-6-10-20(17)15-19)24-21(27)13-14-22-25-26-23(28-22)18-8-3-2-4-9-18/h2-4,8-9,11-12,15-16H,5-7,10,13-14H2,1H3,(H,24,27). The highest BCUT2D eigenvalue weighted by atomic mass is 16.4. The Labute approximate surface area is 165 Å². The van der Waals surface area contributed by atoms with E-state index in [0.717, 1.165) is 17.5 Å². The van der Waals surface area contributed by atoms with Gasteiger partial charge in [-0.25, -0.2) is 0 Å². The number of rotatable bonds is 6. The molecule has 28 heavy (non-hydrogen) atoms. The van der Waals surface area contributed by atoms with E-state index in [-0.39, 0.29) is 11.9 Å². The number of hydrogen-bond donors (Lipinski definition) is 1. The number of aryl methyl sites for hydroxylation is 3. The van der Waals surface area contributed by atoms with Crippen molar-refractivity contribution in [1.29, 1.82) is 0 Å². The van der Waals surface area contributed by atoms with Crippen LogP contribution >= 0.6 is 0 Å². The molecule has 0 saturated heterocycles. The maximum atomic E-state index is 12.4. The van der Waals surface area contributed by atoms with Gasteiger partial charge >= 0.3 is 0 Å². The van der Waals surface area contributed by atoms with Crippen LogP contribution in [0.15, 0.2) is 52.9 Å². The second-order valence-electron chi connectivity index (χ2n) is 7.39. The normalized spacial score (nSPS) is 14.3. The lowest BCUT2D eigenvalue weighted by atomic mass is 9.89. The molecule has 5 nitrogen and oxygen atoms in total. The summed E-state index contributed by atoms with van der Waals surface area (Å²) in [6, 6.07) is 16.2. The zero-order valence-corrected chi connectivity index (χ0v) is 16.1. The lowest BCUT2D eigenvalue weighted by Crippen LogP contribution is -2.27. The minimum Gasteiger partial charge on any atom is -0.421 e. The molecule has 1 aliphatic rings. The van der Waals surface area contributed by atoms with Crippen LogP contribution in [0, 0.1) is 0 Å². The summed E-state index contributed by atoms with van der Waals surface area (Å²) in [5, 5.41) is 11.2. The van der Waals surface area contributed by atoms with Crippen molar-refractivity contribution in [2.75, 3.05) is 0 Å². The van der Waals surface area contributed by atoms with E-state index in [4.69, 9.17) is 4.42 Å². The first-order valence-electron chi connectivity index (χ1n) is 9.98. The fraction of sp³-hybridized carbons (Fsp3) is 0.348. The molecule has 1 aromatic heterocycles. The van der Waals surface area contributed by atoms with Crippen LogP contribution in [0.3, 0.4) is 0 Å². The van der Waals surface area contributed by atoms with E-state index in [1.807, 2.05) is 37.3 Å². The van der Waals surface area contributed by atoms with Crippen LogP contribution in [-0.4, -0.2) is 16.1 Å². The molecule has 1 amide bonds. The molecule has 0 spiro atoms. The zero-order chi connectivity index (χ0) is 19.3. The molecular formula is C23H25N3O2. The number of fused-ring (bicyclic) bond motifs is 1. The van der Waals surface area contributed by atoms with Crippen molar-refractivity contribution >= 4 is 5.91 Å². The molecule has 0 bridgehead atoms. The van der Waals surface area contributed by atoms with Crippen LogP contribution in [0.4, 0.5) is 0 Å². The molecule has 0 fully saturated rings. The van der Waals surface area contributed by atoms with E-state index < -0.39 is 0 Å². The molecule has 0 radical (unpaired) electrons. The quantitative estimate of drug-likeness (QED) is 0.692. The number of aromatic nitrogens is 2. The number of carbonyl (C=O) groups is 1. The predicted octanol–water partition coefficient (Wildman–Crippen LogP) is 4.43. The Kier molecular flexibility index (Phi) is 5.51. The molecular weight excluding hydrogens is 350 g/mol. The van der Waals surface area contributed by atoms with Gasteiger partial charge in [0.15, 0.2) is 0 Å². The summed E-state index contributed by atoms with van der Waals surface area (Å²) < 4.78 is 5.67. The first kappa shape index (κ1) is 18.4. The van der Waals surface area contributed by atoms with Gasteiger partial charge in [0, 0.05) is 18.4 Å². The van der Waals surface area contributed by atoms with E-state index in [1.54, 1.807) is 0 Å². The molecule has 0 saturated carbocycles. The van der Waals surface area contributed by atoms with Gasteiger partial charge in [0.25, 0.3) is 0 Å². The highest BCUT2D eigenvalue weighted by molar-refractivity contribution is 5.76. The summed E-state index contributed by atoms with van der Waals surface area (Å²) in [5.41, 5.74) is 4.94. The molecule has 1 unspecified atom stereocenters. The number of carbonyl (C=O) groups excluding carboxylic acids is 1. The van der Waals surface area contributed by atoms with E-state index in [9.17, 15) is 4.79 Å². The average molecular weight is 375 g/mol. The second-order valence-corrected chi connectivity index (χ2v) is 7.39. The maximum absolute atomic E-state index is 12.4. The molecule has 1 heterocycles. The van der Waals surface area contributed by atoms with Crippen molar-refractivity contribution in [3.05, 3.63) is 71.1 Å². The van der Waals surface area contributed by atoms with Gasteiger partial charge in [0.2, 0.25) is 17.7 Å². The largest absolute Gasteiger partial charge is 0.421 e. The molecule has 4 rings (SSSR count). The summed E-state index contributed by atoms with van der Waals surface area (Å²) in [5.74, 6) is 0.957. The Morgan fingerprint density at radius 2 is 1.86 bits per heavy atom. The summed E-state index contributed by atoms with van der Waals surface area (Å²) in [4.78, 5) is 12.4. The molecule has 1 atom stereocenters. The van der Waals surface area contributed by atoms with Gasteiger partial charge in [0.1, 0.15) is 0 Å². The predicted molar refractivity (Wildman–Crippen MR) is 108 cm³/mol. The zero-order valence-electron chi connectivity index (χ0n) is 16.1. The van der Waals surface area contributed by atoms with Gasteiger partial charge in [-0.05, 0) is 61.4 Å². The highest BCUT2D eigenvalue weighted by Crippen LogP contribution is 2.25. The topological polar surface area (TPSA) is 68.0 Å². The SMILES string of the molecule is CC(NC(=O)CCc1nnc(-c2ccccc2)o1)c1ccc2c(c1)CCCC2. The van der Waals surface area contributed by atoms with E-state index in [2.05, 4.69) is 33.7 Å². The summed E-state index contributed by atoms with van der Waals surface area (Å²) in [6.07, 6.45) is 5.61. The maximum Gasteiger partial charge on any atom is 0.247 e. The molecule has 2 aromatic carbocycles. The first-order chi connectivity index (χ1) is 13.7. The molecule has 144 valence electrons. The first-order valence-corrected chi connectivity index (χ1v) is 9.98. The van der Waals surface area contributed by atoms with Crippen LogP contribution in [0.1, 0.15) is 54.8 Å². The number of benzene rings is 2. The molecule has 0 aliphatic heterocycles. The van der Waals surface area contributed by atoms with Crippen LogP contribution in [-0.2, 0) is 24.1 Å². The van der Waals surface area contributed by atoms with Gasteiger partial charge < -0.3 is 9.73 Å². The van der Waals surface area contributed by atoms with Crippen molar-refractivity contribution < 1.29 is 9.21 Å². The average Bonchev–Trinajstić information content (AvgIpc) is 3.22. The van der Waals surface area contributed by atoms with Crippen molar-refractivity contribution in [3.8, 4) is 11.5 Å². The van der Waals surface area contributed by atoms with Gasteiger partial charge in [-0.15, -0.1) is 10.2 Å². The van der Waals surface area contributed by atoms with Crippen LogP contribution in [0.2, 0.25) is 0 Å². The lowest BCUT2D eigenvalue weighted by molar-refractivity contribution is -0.121. The number of amides is 1. The highest BCUT2D eigenvalue weighted by Gasteiger charge is 2.15. The van der Waals surface area contributed by atoms with Gasteiger partial charge in [-0.1, -0.05) is 36.4 Å². The number of hydrogen-bond acceptors (Lipinski definition) is 4. The van der Waals surface area contributed by atoms with E-state index in [0.29, 0.717) is 24.6 Å². The van der Waals surface area contributed by atoms with Crippen molar-refractivity contribution in [1.82, 2.24) is 15.5 Å². The van der Waals surface area contributed by atoms with Crippen molar-refractivity contribution in [2.45, 2.75) is 51.5 Å². The third-order valence-corrected chi connectivity index (χ3v) is 5.30. The van der Waals surface area contributed by atoms with Crippen LogP contribution in [0.25, 0.3) is 11.5 Å². The summed E-state index contributed by atoms with van der Waals surface area (Å²) in [7, 11) is 0. The van der Waals surface area contributed by atoms with Crippen LogP contribution in [0.5, 0.6) is 0 Å². The van der Waals surface area contributed by atoms with E-state index in [1.165, 1.54) is 30.4 Å². The fourth-order valence-corrected chi connectivity index (χ4v) is 3.69. The van der Waals surface area contributed by atoms with Gasteiger partial charge in [-0.3, -0.25) is 4.79 Å². The Hall–Kier alpha value is -2.95. The minimum atomic E-state index is -0.0118. The molecule has 5 heteroatoms. The minimum absolute atomic E-state index is 0.00955. The summed E-state index contributed by atoms with van der Waals surface area (Å²) in [6.45, 7) is 2.03. The Morgan fingerprint density at radius 1 is 1.07 bits per heavy atom.